The number of nitrogens with one attached hydrogen (secondary N) is 1. The van der Waals surface area contributed by atoms with E-state index in [1.54, 1.807) is 12.5 Å². The van der Waals surface area contributed by atoms with E-state index in [-0.39, 0.29) is 0 Å². The molecule has 5 heteroatoms. The number of hydrogen-bond acceptors (Lipinski definition) is 3. The first kappa shape index (κ1) is 9.72. The Bertz CT molecular complexity index is 511. The lowest BCUT2D eigenvalue weighted by atomic mass is 10.1. The van der Waals surface area contributed by atoms with Gasteiger partial charge in [0, 0.05) is 5.56 Å². The van der Waals surface area contributed by atoms with Crippen molar-refractivity contribution in [3.8, 4) is 22.8 Å². The van der Waals surface area contributed by atoms with Crippen molar-refractivity contribution in [2.45, 2.75) is 0 Å². The zero-order chi connectivity index (χ0) is 11.0. The van der Waals surface area contributed by atoms with Gasteiger partial charge in [0.1, 0.15) is 13.2 Å². The van der Waals surface area contributed by atoms with Crippen molar-refractivity contribution in [2.75, 3.05) is 13.2 Å². The van der Waals surface area contributed by atoms with Gasteiger partial charge in [0.2, 0.25) is 0 Å². The minimum absolute atomic E-state index is 0.589. The lowest BCUT2D eigenvalue weighted by Gasteiger charge is -2.20. The lowest BCUT2D eigenvalue weighted by molar-refractivity contribution is 0.170. The second-order valence-corrected chi connectivity index (χ2v) is 4.30. The van der Waals surface area contributed by atoms with Gasteiger partial charge in [-0.2, -0.15) is 0 Å². The normalized spacial score (nSPS) is 13.8. The first-order chi connectivity index (χ1) is 7.84. The number of ether oxygens (including phenoxy) is 2. The number of fused-ring (bicyclic) bond motifs is 1. The largest absolute Gasteiger partial charge is 0.486 e. The molecule has 0 atom stereocenters. The first-order valence-electron chi connectivity index (χ1n) is 4.92. The third kappa shape index (κ3) is 1.57. The second-order valence-electron chi connectivity index (χ2n) is 3.45. The molecule has 0 fully saturated rings. The van der Waals surface area contributed by atoms with Gasteiger partial charge in [-0.1, -0.05) is 0 Å². The Balaban J connectivity index is 2.12. The molecule has 0 radical (unpaired) electrons. The van der Waals surface area contributed by atoms with Crippen LogP contribution in [0, 0.1) is 0 Å². The smallest absolute Gasteiger partial charge is 0.175 e. The minimum Gasteiger partial charge on any atom is -0.486 e. The van der Waals surface area contributed by atoms with Gasteiger partial charge in [-0.15, -0.1) is 0 Å². The van der Waals surface area contributed by atoms with Crippen LogP contribution in [0.1, 0.15) is 0 Å². The summed E-state index contributed by atoms with van der Waals surface area (Å²) in [6, 6.07) is 3.94. The molecule has 16 heavy (non-hydrogen) atoms. The topological polar surface area (TPSA) is 47.1 Å². The average Bonchev–Trinajstić information content (AvgIpc) is 2.82. The second kappa shape index (κ2) is 3.83. The van der Waals surface area contributed by atoms with Crippen LogP contribution < -0.4 is 9.47 Å². The van der Waals surface area contributed by atoms with E-state index in [0.29, 0.717) is 13.2 Å². The maximum atomic E-state index is 5.55. The van der Waals surface area contributed by atoms with Crippen LogP contribution in [-0.2, 0) is 0 Å². The molecule has 0 bridgehead atoms. The summed E-state index contributed by atoms with van der Waals surface area (Å²) in [4.78, 5) is 7.06. The van der Waals surface area contributed by atoms with E-state index in [1.165, 1.54) is 0 Å². The maximum absolute atomic E-state index is 5.55. The summed E-state index contributed by atoms with van der Waals surface area (Å²) in [7, 11) is 0. The molecular formula is C11H9BrN2O2. The summed E-state index contributed by atoms with van der Waals surface area (Å²) < 4.78 is 12.0. The molecule has 0 spiro atoms. The van der Waals surface area contributed by atoms with Crippen molar-refractivity contribution in [3.05, 3.63) is 29.1 Å². The van der Waals surface area contributed by atoms with Crippen molar-refractivity contribution in [2.24, 2.45) is 0 Å². The summed E-state index contributed by atoms with van der Waals surface area (Å²) in [6.45, 7) is 1.18. The molecule has 3 rings (SSSR count). The van der Waals surface area contributed by atoms with Gasteiger partial charge in [-0.3, -0.25) is 0 Å². The van der Waals surface area contributed by atoms with E-state index in [2.05, 4.69) is 25.9 Å². The Hall–Kier alpha value is -1.49. The molecule has 82 valence electrons. The Kier molecular flexibility index (Phi) is 2.32. The lowest BCUT2D eigenvalue weighted by Crippen LogP contribution is -2.15. The van der Waals surface area contributed by atoms with E-state index < -0.39 is 0 Å². The van der Waals surface area contributed by atoms with Crippen LogP contribution in [-0.4, -0.2) is 23.2 Å². The summed E-state index contributed by atoms with van der Waals surface area (Å²) in [5, 5.41) is 0. The van der Waals surface area contributed by atoms with E-state index in [0.717, 1.165) is 27.2 Å². The van der Waals surface area contributed by atoms with Gasteiger partial charge < -0.3 is 14.5 Å². The number of H-pyrrole nitrogens is 1. The number of nitrogens with zero attached hydrogens (tertiary/aromatic N) is 1. The van der Waals surface area contributed by atoms with Crippen LogP contribution in [0.25, 0.3) is 11.3 Å². The predicted molar refractivity (Wildman–Crippen MR) is 62.7 cm³/mol. The van der Waals surface area contributed by atoms with Gasteiger partial charge in [0.05, 0.1) is 22.7 Å². The maximum Gasteiger partial charge on any atom is 0.175 e. The molecule has 1 N–H and O–H groups in total. The number of halogens is 1. The molecule has 0 saturated carbocycles. The molecule has 1 aliphatic heterocycles. The fourth-order valence-electron chi connectivity index (χ4n) is 1.68. The molecule has 2 aromatic rings. The first-order valence-corrected chi connectivity index (χ1v) is 5.72. The van der Waals surface area contributed by atoms with Crippen LogP contribution in [0.4, 0.5) is 0 Å². The number of imidazole rings is 1. The number of aromatic nitrogens is 2. The molecule has 0 unspecified atom stereocenters. The number of benzene rings is 1. The highest BCUT2D eigenvalue weighted by Crippen LogP contribution is 2.40. The van der Waals surface area contributed by atoms with Crippen molar-refractivity contribution in [3.63, 3.8) is 0 Å². The Morgan fingerprint density at radius 1 is 1.25 bits per heavy atom. The minimum atomic E-state index is 0.589. The molecule has 2 heterocycles. The molecule has 4 nitrogen and oxygen atoms in total. The van der Waals surface area contributed by atoms with E-state index in [1.807, 2.05) is 12.1 Å². The fourth-order valence-corrected chi connectivity index (χ4v) is 2.24. The highest BCUT2D eigenvalue weighted by atomic mass is 79.9. The highest BCUT2D eigenvalue weighted by Gasteiger charge is 2.17. The molecule has 0 saturated heterocycles. The summed E-state index contributed by atoms with van der Waals surface area (Å²) in [6.07, 6.45) is 3.43. The van der Waals surface area contributed by atoms with Crippen LogP contribution in [0.3, 0.4) is 0 Å². The highest BCUT2D eigenvalue weighted by molar-refractivity contribution is 9.10. The Morgan fingerprint density at radius 2 is 2.12 bits per heavy atom. The average molecular weight is 281 g/mol. The van der Waals surface area contributed by atoms with Crippen molar-refractivity contribution < 1.29 is 9.47 Å². The van der Waals surface area contributed by atoms with Gasteiger partial charge in [-0.05, 0) is 28.1 Å². The van der Waals surface area contributed by atoms with Crippen LogP contribution in [0.2, 0.25) is 0 Å². The summed E-state index contributed by atoms with van der Waals surface area (Å²) in [5.41, 5.74) is 1.98. The molecular weight excluding hydrogens is 272 g/mol. The van der Waals surface area contributed by atoms with Gasteiger partial charge in [0.15, 0.2) is 11.5 Å². The van der Waals surface area contributed by atoms with Gasteiger partial charge in [-0.25, -0.2) is 4.98 Å². The van der Waals surface area contributed by atoms with Gasteiger partial charge in [0.25, 0.3) is 0 Å². The van der Waals surface area contributed by atoms with Crippen molar-refractivity contribution >= 4 is 15.9 Å². The monoisotopic (exact) mass is 280 g/mol. The molecule has 1 aromatic carbocycles. The van der Waals surface area contributed by atoms with Gasteiger partial charge >= 0.3 is 0 Å². The molecule has 0 aliphatic carbocycles. The van der Waals surface area contributed by atoms with E-state index in [9.17, 15) is 0 Å². The quantitative estimate of drug-likeness (QED) is 0.874. The number of aromatic amines is 1. The number of rotatable bonds is 1. The summed E-state index contributed by atoms with van der Waals surface area (Å²) >= 11 is 3.48. The predicted octanol–water partition coefficient (Wildman–Crippen LogP) is 2.61. The molecule has 1 aliphatic rings. The summed E-state index contributed by atoms with van der Waals surface area (Å²) in [5.74, 6) is 1.54. The van der Waals surface area contributed by atoms with Crippen molar-refractivity contribution in [1.29, 1.82) is 0 Å². The van der Waals surface area contributed by atoms with Crippen LogP contribution in [0.15, 0.2) is 29.1 Å². The standard InChI is InChI=1S/C11H9BrN2O2/c12-8-3-7(9-5-13-6-14-9)4-10-11(8)16-2-1-15-10/h3-6H,1-2H2,(H,13,14). The third-order valence-electron chi connectivity index (χ3n) is 2.41. The fraction of sp³-hybridized carbons (Fsp3) is 0.182. The van der Waals surface area contributed by atoms with Crippen LogP contribution >= 0.6 is 15.9 Å². The molecule has 1 aromatic heterocycles. The SMILES string of the molecule is Brc1cc(-c2cnc[nH]2)cc2c1OCCO2. The zero-order valence-corrected chi connectivity index (χ0v) is 9.95. The van der Waals surface area contributed by atoms with Crippen LogP contribution in [0.5, 0.6) is 11.5 Å². The Morgan fingerprint density at radius 3 is 2.94 bits per heavy atom. The number of hydrogen-bond donors (Lipinski definition) is 1. The molecule has 0 amide bonds. The zero-order valence-electron chi connectivity index (χ0n) is 8.37. The van der Waals surface area contributed by atoms with E-state index >= 15 is 0 Å². The van der Waals surface area contributed by atoms with Crippen molar-refractivity contribution in [1.82, 2.24) is 9.97 Å². The third-order valence-corrected chi connectivity index (χ3v) is 3.00. The van der Waals surface area contributed by atoms with E-state index in [4.69, 9.17) is 9.47 Å². The Labute approximate surface area is 101 Å².